The van der Waals surface area contributed by atoms with E-state index < -0.39 is 0 Å². The van der Waals surface area contributed by atoms with Crippen LogP contribution >= 0.6 is 0 Å². The fraction of sp³-hybridized carbons (Fsp3) is 0.643. The lowest BCUT2D eigenvalue weighted by Gasteiger charge is -2.35. The lowest BCUT2D eigenvalue weighted by molar-refractivity contribution is -0.142. The zero-order chi connectivity index (χ0) is 14.8. The molecule has 2 saturated heterocycles. The molecule has 2 aliphatic rings. The van der Waals surface area contributed by atoms with Crippen LogP contribution in [-0.2, 0) is 9.53 Å². The highest BCUT2D eigenvalue weighted by Crippen LogP contribution is 2.16. The van der Waals surface area contributed by atoms with E-state index in [-0.39, 0.29) is 17.9 Å². The fourth-order valence-corrected chi connectivity index (χ4v) is 2.80. The maximum Gasteiger partial charge on any atom is 0.274 e. The summed E-state index contributed by atoms with van der Waals surface area (Å²) < 4.78 is 5.43. The summed E-state index contributed by atoms with van der Waals surface area (Å²) in [5, 5.41) is 6.77. The van der Waals surface area contributed by atoms with Crippen molar-refractivity contribution in [3.8, 4) is 0 Å². The van der Waals surface area contributed by atoms with Gasteiger partial charge in [-0.05, 0) is 25.8 Å². The third-order valence-corrected chi connectivity index (χ3v) is 4.01. The van der Waals surface area contributed by atoms with E-state index in [2.05, 4.69) is 10.2 Å². The quantitative estimate of drug-likeness (QED) is 0.843. The smallest absolute Gasteiger partial charge is 0.274 e. The second-order valence-corrected chi connectivity index (χ2v) is 5.56. The molecule has 0 aliphatic carbocycles. The predicted octanol–water partition coefficient (Wildman–Crippen LogP) is 0.182. The number of aromatic nitrogens is 2. The summed E-state index contributed by atoms with van der Waals surface area (Å²) in [6.07, 6.45) is 1.49. The van der Waals surface area contributed by atoms with E-state index in [0.717, 1.165) is 18.5 Å². The van der Waals surface area contributed by atoms with E-state index in [1.54, 1.807) is 15.9 Å². The Kier molecular flexibility index (Phi) is 3.92. The molecule has 2 amide bonds. The van der Waals surface area contributed by atoms with Crippen molar-refractivity contribution < 1.29 is 14.3 Å². The second kappa shape index (κ2) is 5.85. The zero-order valence-corrected chi connectivity index (χ0v) is 12.2. The number of piperazine rings is 1. The number of hydrogen-bond donors (Lipinski definition) is 1. The van der Waals surface area contributed by atoms with E-state index in [1.807, 2.05) is 6.92 Å². The minimum atomic E-state index is -0.277. The maximum atomic E-state index is 12.3. The second-order valence-electron chi connectivity index (χ2n) is 5.56. The summed E-state index contributed by atoms with van der Waals surface area (Å²) in [5.74, 6) is -0.0150. The minimum Gasteiger partial charge on any atom is -0.368 e. The Morgan fingerprint density at radius 1 is 1.29 bits per heavy atom. The summed E-state index contributed by atoms with van der Waals surface area (Å²) in [4.78, 5) is 28.0. The average molecular weight is 292 g/mol. The summed E-state index contributed by atoms with van der Waals surface area (Å²) >= 11 is 0. The van der Waals surface area contributed by atoms with Crippen molar-refractivity contribution in [1.82, 2.24) is 20.0 Å². The summed E-state index contributed by atoms with van der Waals surface area (Å²) in [6.45, 7) is 4.75. The molecule has 0 saturated carbocycles. The lowest BCUT2D eigenvalue weighted by atomic mass is 10.2. The lowest BCUT2D eigenvalue weighted by Crippen LogP contribution is -2.52. The van der Waals surface area contributed by atoms with Crippen LogP contribution in [0.5, 0.6) is 0 Å². The van der Waals surface area contributed by atoms with Gasteiger partial charge in [0.25, 0.3) is 11.8 Å². The zero-order valence-electron chi connectivity index (χ0n) is 12.2. The molecule has 1 atom stereocenters. The molecule has 0 aromatic carbocycles. The van der Waals surface area contributed by atoms with Gasteiger partial charge in [-0.2, -0.15) is 5.10 Å². The highest BCUT2D eigenvalue weighted by molar-refractivity contribution is 5.92. The number of aryl methyl sites for hydroxylation is 1. The van der Waals surface area contributed by atoms with Gasteiger partial charge in [0, 0.05) is 38.5 Å². The summed E-state index contributed by atoms with van der Waals surface area (Å²) in [5.41, 5.74) is 1.30. The minimum absolute atomic E-state index is 0.0650. The van der Waals surface area contributed by atoms with Crippen LogP contribution in [-0.4, -0.2) is 70.7 Å². The third-order valence-electron chi connectivity index (χ3n) is 4.01. The normalized spacial score (nSPS) is 22.6. The van der Waals surface area contributed by atoms with Gasteiger partial charge in [-0.25, -0.2) is 0 Å². The number of ether oxygens (including phenoxy) is 1. The number of carbonyl (C=O) groups is 2. The average Bonchev–Trinajstić information content (AvgIpc) is 3.17. The number of amides is 2. The first-order valence-corrected chi connectivity index (χ1v) is 7.37. The van der Waals surface area contributed by atoms with Crippen LogP contribution in [0.1, 0.15) is 29.0 Å². The molecule has 2 aliphatic heterocycles. The first-order valence-electron chi connectivity index (χ1n) is 7.37. The van der Waals surface area contributed by atoms with Crippen molar-refractivity contribution in [1.29, 1.82) is 0 Å². The monoisotopic (exact) mass is 292 g/mol. The van der Waals surface area contributed by atoms with Gasteiger partial charge >= 0.3 is 0 Å². The first-order chi connectivity index (χ1) is 10.1. The van der Waals surface area contributed by atoms with Gasteiger partial charge in [0.15, 0.2) is 0 Å². The molecule has 0 spiro atoms. The largest absolute Gasteiger partial charge is 0.368 e. The predicted molar refractivity (Wildman–Crippen MR) is 74.8 cm³/mol. The van der Waals surface area contributed by atoms with Crippen molar-refractivity contribution in [3.63, 3.8) is 0 Å². The Bertz CT molecular complexity index is 528. The molecular weight excluding hydrogens is 272 g/mol. The molecular formula is C14H20N4O3. The SMILES string of the molecule is Cc1cc(C(=O)N2CCN(C(=O)C3CCCO3)CC2)n[nH]1. The summed E-state index contributed by atoms with van der Waals surface area (Å²) in [6, 6.07) is 1.74. The maximum absolute atomic E-state index is 12.3. The van der Waals surface area contributed by atoms with Crippen LogP contribution in [0.25, 0.3) is 0 Å². The molecule has 7 heteroatoms. The molecule has 0 radical (unpaired) electrons. The number of nitrogens with one attached hydrogen (secondary N) is 1. The van der Waals surface area contributed by atoms with E-state index in [0.29, 0.717) is 38.5 Å². The Hall–Kier alpha value is -1.89. The first kappa shape index (κ1) is 14.1. The Morgan fingerprint density at radius 2 is 2.00 bits per heavy atom. The van der Waals surface area contributed by atoms with E-state index in [1.165, 1.54) is 0 Å². The fourth-order valence-electron chi connectivity index (χ4n) is 2.80. The van der Waals surface area contributed by atoms with E-state index in [4.69, 9.17) is 4.74 Å². The van der Waals surface area contributed by atoms with Crippen LogP contribution in [0.4, 0.5) is 0 Å². The van der Waals surface area contributed by atoms with Gasteiger partial charge in [0.2, 0.25) is 0 Å². The van der Waals surface area contributed by atoms with Gasteiger partial charge in [-0.15, -0.1) is 0 Å². The van der Waals surface area contributed by atoms with Gasteiger partial charge in [0.05, 0.1) is 0 Å². The molecule has 0 bridgehead atoms. The van der Waals surface area contributed by atoms with Gasteiger partial charge in [-0.3, -0.25) is 14.7 Å². The number of nitrogens with zero attached hydrogens (tertiary/aromatic N) is 3. The third kappa shape index (κ3) is 2.92. The molecule has 7 nitrogen and oxygen atoms in total. The van der Waals surface area contributed by atoms with Crippen LogP contribution in [0.15, 0.2) is 6.07 Å². The molecule has 1 N–H and O–H groups in total. The molecule has 1 aromatic heterocycles. The van der Waals surface area contributed by atoms with Crippen molar-refractivity contribution >= 4 is 11.8 Å². The van der Waals surface area contributed by atoms with Crippen molar-refractivity contribution in [2.45, 2.75) is 25.9 Å². The van der Waals surface area contributed by atoms with Gasteiger partial charge in [0.1, 0.15) is 11.8 Å². The van der Waals surface area contributed by atoms with Crippen LogP contribution in [0.2, 0.25) is 0 Å². The van der Waals surface area contributed by atoms with Crippen molar-refractivity contribution in [2.24, 2.45) is 0 Å². The number of rotatable bonds is 2. The van der Waals surface area contributed by atoms with Crippen LogP contribution in [0.3, 0.4) is 0 Å². The highest BCUT2D eigenvalue weighted by Gasteiger charge is 2.31. The molecule has 1 aromatic rings. The molecule has 114 valence electrons. The molecule has 3 heterocycles. The van der Waals surface area contributed by atoms with E-state index >= 15 is 0 Å². The van der Waals surface area contributed by atoms with Crippen molar-refractivity contribution in [3.05, 3.63) is 17.5 Å². The van der Waals surface area contributed by atoms with Crippen LogP contribution < -0.4 is 0 Å². The molecule has 3 rings (SSSR count). The number of hydrogen-bond acceptors (Lipinski definition) is 4. The number of H-pyrrole nitrogens is 1. The molecule has 1 unspecified atom stereocenters. The van der Waals surface area contributed by atoms with Gasteiger partial charge in [-0.1, -0.05) is 0 Å². The Balaban J connectivity index is 1.55. The van der Waals surface area contributed by atoms with Crippen molar-refractivity contribution in [2.75, 3.05) is 32.8 Å². The van der Waals surface area contributed by atoms with E-state index in [9.17, 15) is 9.59 Å². The van der Waals surface area contributed by atoms with Crippen LogP contribution in [0, 0.1) is 6.92 Å². The Morgan fingerprint density at radius 3 is 2.57 bits per heavy atom. The summed E-state index contributed by atoms with van der Waals surface area (Å²) in [7, 11) is 0. The molecule has 21 heavy (non-hydrogen) atoms. The standard InChI is InChI=1S/C14H20N4O3/c1-10-9-11(16-15-10)13(19)17-4-6-18(7-5-17)14(20)12-3-2-8-21-12/h9,12H,2-8H2,1H3,(H,15,16). The Labute approximate surface area is 123 Å². The van der Waals surface area contributed by atoms with Gasteiger partial charge < -0.3 is 14.5 Å². The highest BCUT2D eigenvalue weighted by atomic mass is 16.5. The topological polar surface area (TPSA) is 78.5 Å². The number of carbonyl (C=O) groups excluding carboxylic acids is 2. The molecule has 2 fully saturated rings. The number of aromatic amines is 1.